The van der Waals surface area contributed by atoms with Gasteiger partial charge in [0, 0.05) is 10.9 Å². The third kappa shape index (κ3) is 3.90. The topological polar surface area (TPSA) is 93.2 Å². The van der Waals surface area contributed by atoms with Gasteiger partial charge in [0.05, 0.1) is 16.9 Å². The number of nitriles is 1. The fourth-order valence-electron chi connectivity index (χ4n) is 1.57. The van der Waals surface area contributed by atoms with Crippen LogP contribution in [-0.4, -0.2) is 18.0 Å². The summed E-state index contributed by atoms with van der Waals surface area (Å²) in [5.74, 6) is -0.751. The standard InChI is InChI=1S/C13H14N2O4S/c1-3-4-5-12-11(15(17)18)7-10(20-12)6-9(8-14)13(16)19-2/h6-7H,3-5H2,1-2H3/b9-6-. The van der Waals surface area contributed by atoms with Crippen LogP contribution in [0.25, 0.3) is 6.08 Å². The van der Waals surface area contributed by atoms with Crippen LogP contribution in [0, 0.1) is 21.4 Å². The van der Waals surface area contributed by atoms with E-state index in [1.807, 2.05) is 6.92 Å². The minimum absolute atomic E-state index is 0.0388. The number of unbranched alkanes of at least 4 members (excludes halogenated alkanes) is 1. The molecule has 1 heterocycles. The van der Waals surface area contributed by atoms with E-state index in [2.05, 4.69) is 4.74 Å². The van der Waals surface area contributed by atoms with Crippen molar-refractivity contribution in [3.05, 3.63) is 31.5 Å². The molecule has 1 aromatic heterocycles. The number of hydrogen-bond donors (Lipinski definition) is 0. The van der Waals surface area contributed by atoms with Crippen molar-refractivity contribution in [1.82, 2.24) is 0 Å². The van der Waals surface area contributed by atoms with Crippen molar-refractivity contribution >= 4 is 29.1 Å². The molecule has 20 heavy (non-hydrogen) atoms. The molecule has 0 saturated heterocycles. The first-order valence-corrected chi connectivity index (χ1v) is 6.82. The summed E-state index contributed by atoms with van der Waals surface area (Å²) in [7, 11) is 1.18. The first-order chi connectivity index (χ1) is 9.53. The first-order valence-electron chi connectivity index (χ1n) is 6.00. The number of hydrogen-bond acceptors (Lipinski definition) is 6. The van der Waals surface area contributed by atoms with Crippen molar-refractivity contribution in [1.29, 1.82) is 5.26 Å². The molecule has 1 rings (SSSR count). The Morgan fingerprint density at radius 3 is 2.85 bits per heavy atom. The van der Waals surface area contributed by atoms with Crippen LogP contribution in [0.3, 0.4) is 0 Å². The lowest BCUT2D eigenvalue weighted by molar-refractivity contribution is -0.385. The molecule has 0 spiro atoms. The molecule has 0 aliphatic rings. The van der Waals surface area contributed by atoms with Gasteiger partial charge < -0.3 is 4.74 Å². The number of methoxy groups -OCH3 is 1. The predicted octanol–water partition coefficient (Wildman–Crippen LogP) is 3.08. The summed E-state index contributed by atoms with van der Waals surface area (Å²) in [6.07, 6.45) is 3.73. The van der Waals surface area contributed by atoms with Crippen LogP contribution in [0.2, 0.25) is 0 Å². The fourth-order valence-corrected chi connectivity index (χ4v) is 2.69. The Kier molecular flexibility index (Phi) is 5.87. The minimum Gasteiger partial charge on any atom is -0.465 e. The zero-order valence-corrected chi connectivity index (χ0v) is 12.0. The van der Waals surface area contributed by atoms with Crippen LogP contribution in [-0.2, 0) is 16.0 Å². The summed E-state index contributed by atoms with van der Waals surface area (Å²) in [6, 6.07) is 3.11. The summed E-state index contributed by atoms with van der Waals surface area (Å²) in [5, 5.41) is 19.8. The number of nitrogens with zero attached hydrogens (tertiary/aromatic N) is 2. The quantitative estimate of drug-likeness (QED) is 0.264. The second-order valence-electron chi connectivity index (χ2n) is 3.98. The number of aryl methyl sites for hydroxylation is 1. The fraction of sp³-hybridized carbons (Fsp3) is 0.385. The van der Waals surface area contributed by atoms with Gasteiger partial charge in [-0.25, -0.2) is 4.79 Å². The molecule has 0 N–H and O–H groups in total. The van der Waals surface area contributed by atoms with Gasteiger partial charge in [-0.2, -0.15) is 5.26 Å². The van der Waals surface area contributed by atoms with Crippen LogP contribution in [0.4, 0.5) is 5.69 Å². The molecule has 0 fully saturated rings. The third-order valence-corrected chi connectivity index (χ3v) is 3.70. The Hall–Kier alpha value is -2.20. The van der Waals surface area contributed by atoms with E-state index >= 15 is 0 Å². The highest BCUT2D eigenvalue weighted by molar-refractivity contribution is 7.13. The maximum atomic E-state index is 11.3. The molecule has 6 nitrogen and oxygen atoms in total. The van der Waals surface area contributed by atoms with Gasteiger partial charge in [0.1, 0.15) is 11.6 Å². The van der Waals surface area contributed by atoms with Crippen LogP contribution >= 0.6 is 11.3 Å². The van der Waals surface area contributed by atoms with Gasteiger partial charge >= 0.3 is 5.97 Å². The summed E-state index contributed by atoms with van der Waals surface area (Å²) in [4.78, 5) is 23.0. The van der Waals surface area contributed by atoms with Gasteiger partial charge in [-0.05, 0) is 18.9 Å². The number of esters is 1. The highest BCUT2D eigenvalue weighted by Crippen LogP contribution is 2.32. The number of thiophene rings is 1. The smallest absolute Gasteiger partial charge is 0.348 e. The molecule has 0 radical (unpaired) electrons. The lowest BCUT2D eigenvalue weighted by Crippen LogP contribution is -2.02. The van der Waals surface area contributed by atoms with Gasteiger partial charge in [-0.15, -0.1) is 11.3 Å². The van der Waals surface area contributed by atoms with Crippen LogP contribution in [0.15, 0.2) is 11.6 Å². The molecule has 0 aliphatic heterocycles. The number of rotatable bonds is 6. The van der Waals surface area contributed by atoms with Gasteiger partial charge in [-0.3, -0.25) is 10.1 Å². The van der Waals surface area contributed by atoms with Crippen molar-refractivity contribution < 1.29 is 14.5 Å². The average molecular weight is 294 g/mol. The second-order valence-corrected chi connectivity index (χ2v) is 5.15. The Balaban J connectivity index is 3.14. The molecule has 0 aromatic carbocycles. The Morgan fingerprint density at radius 2 is 2.35 bits per heavy atom. The molecule has 7 heteroatoms. The van der Waals surface area contributed by atoms with E-state index in [-0.39, 0.29) is 11.3 Å². The van der Waals surface area contributed by atoms with E-state index in [0.29, 0.717) is 16.2 Å². The molecule has 0 saturated carbocycles. The van der Waals surface area contributed by atoms with Crippen molar-refractivity contribution in [2.75, 3.05) is 7.11 Å². The highest BCUT2D eigenvalue weighted by Gasteiger charge is 2.19. The third-order valence-electron chi connectivity index (χ3n) is 2.57. The maximum Gasteiger partial charge on any atom is 0.348 e. The molecule has 0 atom stereocenters. The molecule has 1 aromatic rings. The zero-order valence-electron chi connectivity index (χ0n) is 11.2. The van der Waals surface area contributed by atoms with Crippen LogP contribution in [0.5, 0.6) is 0 Å². The summed E-state index contributed by atoms with van der Waals surface area (Å²) >= 11 is 1.22. The molecular weight excluding hydrogens is 280 g/mol. The molecule has 0 bridgehead atoms. The number of nitro groups is 1. The first kappa shape index (κ1) is 15.9. The van der Waals surface area contributed by atoms with E-state index in [9.17, 15) is 14.9 Å². The zero-order chi connectivity index (χ0) is 15.1. The Morgan fingerprint density at radius 1 is 1.65 bits per heavy atom. The van der Waals surface area contributed by atoms with Crippen LogP contribution in [0.1, 0.15) is 29.5 Å². The average Bonchev–Trinajstić information content (AvgIpc) is 2.84. The molecule has 0 amide bonds. The van der Waals surface area contributed by atoms with Crippen LogP contribution < -0.4 is 0 Å². The van der Waals surface area contributed by atoms with E-state index in [1.165, 1.54) is 30.6 Å². The van der Waals surface area contributed by atoms with Gasteiger partial charge in [-0.1, -0.05) is 13.3 Å². The van der Waals surface area contributed by atoms with Gasteiger partial charge in [0.25, 0.3) is 5.69 Å². The van der Waals surface area contributed by atoms with E-state index < -0.39 is 10.9 Å². The summed E-state index contributed by atoms with van der Waals surface area (Å²) in [5.41, 5.74) is -0.137. The van der Waals surface area contributed by atoms with E-state index in [1.54, 1.807) is 6.07 Å². The molecule has 0 unspecified atom stereocenters. The lowest BCUT2D eigenvalue weighted by Gasteiger charge is -1.94. The van der Waals surface area contributed by atoms with Crippen molar-refractivity contribution in [2.45, 2.75) is 26.2 Å². The Bertz CT molecular complexity index is 584. The maximum absolute atomic E-state index is 11.3. The number of ether oxygens (including phenoxy) is 1. The number of carbonyl (C=O) groups is 1. The summed E-state index contributed by atoms with van der Waals surface area (Å²) in [6.45, 7) is 2.01. The predicted molar refractivity (Wildman–Crippen MR) is 75.2 cm³/mol. The lowest BCUT2D eigenvalue weighted by atomic mass is 10.2. The van der Waals surface area contributed by atoms with Gasteiger partial charge in [0.15, 0.2) is 0 Å². The minimum atomic E-state index is -0.751. The molecule has 106 valence electrons. The van der Waals surface area contributed by atoms with E-state index in [0.717, 1.165) is 12.8 Å². The highest BCUT2D eigenvalue weighted by atomic mass is 32.1. The van der Waals surface area contributed by atoms with E-state index in [4.69, 9.17) is 5.26 Å². The second kappa shape index (κ2) is 7.40. The van der Waals surface area contributed by atoms with Crippen molar-refractivity contribution in [3.63, 3.8) is 0 Å². The normalized spacial score (nSPS) is 10.9. The Labute approximate surface area is 120 Å². The van der Waals surface area contributed by atoms with Gasteiger partial charge in [0.2, 0.25) is 0 Å². The van der Waals surface area contributed by atoms with Crippen molar-refractivity contribution in [3.8, 4) is 6.07 Å². The SMILES string of the molecule is CCCCc1sc(/C=C(/C#N)C(=O)OC)cc1[N+](=O)[O-]. The van der Waals surface area contributed by atoms with Crippen molar-refractivity contribution in [2.24, 2.45) is 0 Å². The number of carbonyl (C=O) groups excluding carboxylic acids is 1. The summed E-state index contributed by atoms with van der Waals surface area (Å²) < 4.78 is 4.47. The monoisotopic (exact) mass is 294 g/mol. The largest absolute Gasteiger partial charge is 0.465 e. The molecule has 0 aliphatic carbocycles. The molecular formula is C13H14N2O4S.